The van der Waals surface area contributed by atoms with Crippen LogP contribution in [0.15, 0.2) is 54.6 Å². The molecule has 2 aromatic carbocycles. The topological polar surface area (TPSA) is 49.4 Å². The fourth-order valence-electron chi connectivity index (χ4n) is 2.97. The molecular formula is C21H25ClN2O2. The Hall–Kier alpha value is -2.33. The van der Waals surface area contributed by atoms with Crippen molar-refractivity contribution in [3.63, 3.8) is 0 Å². The van der Waals surface area contributed by atoms with Crippen LogP contribution < -0.4 is 5.32 Å². The first-order chi connectivity index (χ1) is 12.6. The standard InChI is InChI=1S/C21H25ClN2O2/c1-3-19(21(26)23-2)24(14-13-16-9-5-4-6-10-16)20(25)15-17-11-7-8-12-18(17)22/h4-12,19H,3,13-15H2,1-2H3,(H,23,26)/t19-/m1/s1. The van der Waals surface area contributed by atoms with Crippen LogP contribution in [-0.2, 0) is 22.4 Å². The van der Waals surface area contributed by atoms with Gasteiger partial charge in [0.15, 0.2) is 0 Å². The van der Waals surface area contributed by atoms with Gasteiger partial charge in [-0.1, -0.05) is 67.1 Å². The monoisotopic (exact) mass is 372 g/mol. The van der Waals surface area contributed by atoms with E-state index in [-0.39, 0.29) is 18.2 Å². The molecule has 0 aliphatic heterocycles. The lowest BCUT2D eigenvalue weighted by molar-refractivity contribution is -0.140. The van der Waals surface area contributed by atoms with E-state index in [4.69, 9.17) is 11.6 Å². The number of hydrogen-bond acceptors (Lipinski definition) is 2. The lowest BCUT2D eigenvalue weighted by Gasteiger charge is -2.30. The van der Waals surface area contributed by atoms with Crippen LogP contribution in [0.4, 0.5) is 0 Å². The minimum Gasteiger partial charge on any atom is -0.357 e. The third kappa shape index (κ3) is 5.33. The molecule has 4 nitrogen and oxygen atoms in total. The van der Waals surface area contributed by atoms with Crippen molar-refractivity contribution >= 4 is 23.4 Å². The maximum atomic E-state index is 13.0. The van der Waals surface area contributed by atoms with Crippen LogP contribution in [0, 0.1) is 0 Å². The van der Waals surface area contributed by atoms with Crippen molar-refractivity contribution in [2.24, 2.45) is 0 Å². The molecule has 5 heteroatoms. The highest BCUT2D eigenvalue weighted by molar-refractivity contribution is 6.31. The van der Waals surface area contributed by atoms with Gasteiger partial charge in [-0.15, -0.1) is 0 Å². The van der Waals surface area contributed by atoms with E-state index in [1.165, 1.54) is 0 Å². The van der Waals surface area contributed by atoms with Gasteiger partial charge in [-0.3, -0.25) is 9.59 Å². The van der Waals surface area contributed by atoms with E-state index in [1.54, 1.807) is 18.0 Å². The maximum absolute atomic E-state index is 13.0. The van der Waals surface area contributed by atoms with Crippen LogP contribution in [0.2, 0.25) is 5.02 Å². The molecule has 0 spiro atoms. The maximum Gasteiger partial charge on any atom is 0.242 e. The van der Waals surface area contributed by atoms with E-state index in [2.05, 4.69) is 5.32 Å². The molecule has 0 fully saturated rings. The van der Waals surface area contributed by atoms with Gasteiger partial charge in [-0.05, 0) is 30.0 Å². The average molecular weight is 373 g/mol. The van der Waals surface area contributed by atoms with Crippen LogP contribution >= 0.6 is 11.6 Å². The number of likely N-dealkylation sites (N-methyl/N-ethyl adjacent to an activating group) is 1. The summed E-state index contributed by atoms with van der Waals surface area (Å²) in [5, 5.41) is 3.23. The quantitative estimate of drug-likeness (QED) is 0.771. The fraction of sp³-hybridized carbons (Fsp3) is 0.333. The summed E-state index contributed by atoms with van der Waals surface area (Å²) >= 11 is 6.20. The van der Waals surface area contributed by atoms with Crippen molar-refractivity contribution in [3.8, 4) is 0 Å². The number of amides is 2. The van der Waals surface area contributed by atoms with Gasteiger partial charge in [0.05, 0.1) is 6.42 Å². The molecular weight excluding hydrogens is 348 g/mol. The zero-order valence-corrected chi connectivity index (χ0v) is 16.0. The van der Waals surface area contributed by atoms with Crippen molar-refractivity contribution in [1.82, 2.24) is 10.2 Å². The largest absolute Gasteiger partial charge is 0.357 e. The Morgan fingerprint density at radius 1 is 1.08 bits per heavy atom. The first kappa shape index (κ1) is 20.0. The van der Waals surface area contributed by atoms with E-state index < -0.39 is 6.04 Å². The molecule has 0 bridgehead atoms. The number of carbonyl (C=O) groups is 2. The Balaban J connectivity index is 2.19. The summed E-state index contributed by atoms with van der Waals surface area (Å²) in [7, 11) is 1.60. The Bertz CT molecular complexity index is 734. The van der Waals surface area contributed by atoms with Crippen molar-refractivity contribution in [1.29, 1.82) is 0 Å². The third-order valence-corrected chi connectivity index (χ3v) is 4.78. The Kier molecular flexibility index (Phi) is 7.67. The number of nitrogens with one attached hydrogen (secondary N) is 1. The lowest BCUT2D eigenvalue weighted by atomic mass is 10.1. The van der Waals surface area contributed by atoms with Crippen LogP contribution in [-0.4, -0.2) is 36.3 Å². The molecule has 0 saturated heterocycles. The molecule has 0 radical (unpaired) electrons. The molecule has 1 atom stereocenters. The van der Waals surface area contributed by atoms with Crippen molar-refractivity contribution in [2.45, 2.75) is 32.2 Å². The summed E-state index contributed by atoms with van der Waals surface area (Å²) in [4.78, 5) is 27.0. The summed E-state index contributed by atoms with van der Waals surface area (Å²) in [6.45, 7) is 2.40. The molecule has 2 amide bonds. The van der Waals surface area contributed by atoms with Crippen LogP contribution in [0.1, 0.15) is 24.5 Å². The number of carbonyl (C=O) groups excluding carboxylic acids is 2. The second-order valence-corrected chi connectivity index (χ2v) is 6.54. The van der Waals surface area contributed by atoms with E-state index >= 15 is 0 Å². The predicted octanol–water partition coefficient (Wildman–Crippen LogP) is 3.48. The third-order valence-electron chi connectivity index (χ3n) is 4.42. The molecule has 2 aromatic rings. The highest BCUT2D eigenvalue weighted by atomic mass is 35.5. The van der Waals surface area contributed by atoms with E-state index in [9.17, 15) is 9.59 Å². The Labute approximate surface area is 160 Å². The van der Waals surface area contributed by atoms with Gasteiger partial charge in [0.25, 0.3) is 0 Å². The normalized spacial score (nSPS) is 11.7. The van der Waals surface area contributed by atoms with Gasteiger partial charge < -0.3 is 10.2 Å². The number of benzene rings is 2. The first-order valence-electron chi connectivity index (χ1n) is 8.85. The summed E-state index contributed by atoms with van der Waals surface area (Å²) in [6.07, 6.45) is 1.44. The SMILES string of the molecule is CC[C@H](C(=O)NC)N(CCc1ccccc1)C(=O)Cc1ccccc1Cl. The summed E-state index contributed by atoms with van der Waals surface area (Å²) < 4.78 is 0. The highest BCUT2D eigenvalue weighted by Gasteiger charge is 2.27. The van der Waals surface area contributed by atoms with Crippen LogP contribution in [0.3, 0.4) is 0 Å². The summed E-state index contributed by atoms with van der Waals surface area (Å²) in [5.41, 5.74) is 1.91. The Morgan fingerprint density at radius 2 is 1.73 bits per heavy atom. The minimum atomic E-state index is -0.487. The molecule has 0 heterocycles. The molecule has 138 valence electrons. The van der Waals surface area contributed by atoms with E-state index in [1.807, 2.05) is 55.5 Å². The molecule has 1 N–H and O–H groups in total. The van der Waals surface area contributed by atoms with Crippen LogP contribution in [0.5, 0.6) is 0 Å². The molecule has 0 unspecified atom stereocenters. The second kappa shape index (κ2) is 9.97. The van der Waals surface area contributed by atoms with Gasteiger partial charge in [0, 0.05) is 18.6 Å². The van der Waals surface area contributed by atoms with Crippen molar-refractivity contribution in [2.75, 3.05) is 13.6 Å². The fourth-order valence-corrected chi connectivity index (χ4v) is 3.17. The van der Waals surface area contributed by atoms with E-state index in [0.717, 1.165) is 11.1 Å². The van der Waals surface area contributed by atoms with Gasteiger partial charge in [0.2, 0.25) is 11.8 Å². The average Bonchev–Trinajstić information content (AvgIpc) is 2.67. The highest BCUT2D eigenvalue weighted by Crippen LogP contribution is 2.18. The van der Waals surface area contributed by atoms with Gasteiger partial charge in [-0.2, -0.15) is 0 Å². The molecule has 0 aromatic heterocycles. The minimum absolute atomic E-state index is 0.0931. The lowest BCUT2D eigenvalue weighted by Crippen LogP contribution is -2.49. The number of hydrogen-bond donors (Lipinski definition) is 1. The summed E-state index contributed by atoms with van der Waals surface area (Å²) in [6, 6.07) is 16.8. The van der Waals surface area contributed by atoms with Crippen LogP contribution in [0.25, 0.3) is 0 Å². The van der Waals surface area contributed by atoms with Crippen molar-refractivity contribution in [3.05, 3.63) is 70.7 Å². The molecule has 2 rings (SSSR count). The zero-order valence-electron chi connectivity index (χ0n) is 15.2. The van der Waals surface area contributed by atoms with Gasteiger partial charge >= 0.3 is 0 Å². The number of rotatable bonds is 8. The van der Waals surface area contributed by atoms with Gasteiger partial charge in [0.1, 0.15) is 6.04 Å². The molecule has 0 aliphatic carbocycles. The number of nitrogens with zero attached hydrogens (tertiary/aromatic N) is 1. The molecule has 0 saturated carbocycles. The zero-order chi connectivity index (χ0) is 18.9. The second-order valence-electron chi connectivity index (χ2n) is 6.13. The predicted molar refractivity (Wildman–Crippen MR) is 105 cm³/mol. The number of halogens is 1. The smallest absolute Gasteiger partial charge is 0.242 e. The molecule has 0 aliphatic rings. The van der Waals surface area contributed by atoms with Gasteiger partial charge in [-0.25, -0.2) is 0 Å². The van der Waals surface area contributed by atoms with Crippen molar-refractivity contribution < 1.29 is 9.59 Å². The molecule has 26 heavy (non-hydrogen) atoms. The van der Waals surface area contributed by atoms with E-state index in [0.29, 0.717) is 24.4 Å². The first-order valence-corrected chi connectivity index (χ1v) is 9.23. The Morgan fingerprint density at radius 3 is 2.35 bits per heavy atom. The summed E-state index contributed by atoms with van der Waals surface area (Å²) in [5.74, 6) is -0.238.